The summed E-state index contributed by atoms with van der Waals surface area (Å²) in [6.45, 7) is 7.21. The average molecular weight is 417 g/mol. The number of unbranched alkanes of at least 4 members (excludes halogenated alkanes) is 1. The Morgan fingerprint density at radius 3 is 2.87 bits per heavy atom. The molecule has 2 amide bonds. The van der Waals surface area contributed by atoms with Crippen molar-refractivity contribution in [2.24, 2.45) is 17.6 Å². The maximum atomic E-state index is 12.7. The predicted octanol–water partition coefficient (Wildman–Crippen LogP) is 2.59. The molecule has 0 radical (unpaired) electrons. The first-order chi connectivity index (χ1) is 14.6. The molecule has 3 unspecified atom stereocenters. The van der Waals surface area contributed by atoms with Crippen LogP contribution in [0, 0.1) is 11.8 Å². The summed E-state index contributed by atoms with van der Waals surface area (Å²) >= 11 is 0. The van der Waals surface area contributed by atoms with Gasteiger partial charge in [0, 0.05) is 39.3 Å². The summed E-state index contributed by atoms with van der Waals surface area (Å²) in [6.07, 6.45) is 6.22. The van der Waals surface area contributed by atoms with Crippen molar-refractivity contribution in [3.63, 3.8) is 0 Å². The van der Waals surface area contributed by atoms with Crippen LogP contribution >= 0.6 is 0 Å². The van der Waals surface area contributed by atoms with Gasteiger partial charge in [0.05, 0.1) is 6.10 Å². The standard InChI is InChI=1S/C24H40N4O2/c1-2-3-7-20(14-25)22-10-6-12-28(17-22)24(30)26-15-23(29)18-27-13-11-19-8-4-5-9-21(19)16-27/h4-5,8-9,20,22-23,29H,2-3,6-7,10-18,25H2,1H3,(H,26,30). The van der Waals surface area contributed by atoms with Crippen LogP contribution in [0.1, 0.15) is 50.2 Å². The summed E-state index contributed by atoms with van der Waals surface area (Å²) in [5.41, 5.74) is 8.78. The first-order valence-corrected chi connectivity index (χ1v) is 11.8. The average Bonchev–Trinajstić information content (AvgIpc) is 2.78. The first-order valence-electron chi connectivity index (χ1n) is 11.8. The van der Waals surface area contributed by atoms with Gasteiger partial charge in [0.25, 0.3) is 0 Å². The lowest BCUT2D eigenvalue weighted by Gasteiger charge is -2.37. The van der Waals surface area contributed by atoms with Crippen molar-refractivity contribution in [2.45, 2.75) is 58.1 Å². The molecular formula is C24H40N4O2. The molecule has 3 rings (SSSR count). The van der Waals surface area contributed by atoms with Crippen LogP contribution < -0.4 is 11.1 Å². The van der Waals surface area contributed by atoms with Crippen LogP contribution in [0.2, 0.25) is 0 Å². The third-order valence-electron chi connectivity index (χ3n) is 6.81. The molecule has 1 aromatic rings. The normalized spacial score (nSPS) is 21.7. The van der Waals surface area contributed by atoms with Gasteiger partial charge in [-0.25, -0.2) is 4.79 Å². The van der Waals surface area contributed by atoms with E-state index in [1.165, 1.54) is 24.0 Å². The number of rotatable bonds is 9. The fraction of sp³-hybridized carbons (Fsp3) is 0.708. The molecule has 0 aromatic heterocycles. The van der Waals surface area contributed by atoms with Crippen LogP contribution in [0.4, 0.5) is 4.79 Å². The van der Waals surface area contributed by atoms with Crippen LogP contribution in [-0.2, 0) is 13.0 Å². The van der Waals surface area contributed by atoms with E-state index in [0.29, 0.717) is 31.5 Å². The molecule has 6 nitrogen and oxygen atoms in total. The second-order valence-corrected chi connectivity index (χ2v) is 9.08. The number of nitrogens with two attached hydrogens (primary N) is 1. The van der Waals surface area contributed by atoms with Crippen molar-refractivity contribution in [1.82, 2.24) is 15.1 Å². The molecule has 30 heavy (non-hydrogen) atoms. The Balaban J connectivity index is 1.41. The van der Waals surface area contributed by atoms with Crippen molar-refractivity contribution >= 4 is 6.03 Å². The van der Waals surface area contributed by atoms with Gasteiger partial charge in [-0.2, -0.15) is 0 Å². The van der Waals surface area contributed by atoms with E-state index in [1.807, 2.05) is 4.90 Å². The molecule has 1 aromatic carbocycles. The lowest BCUT2D eigenvalue weighted by molar-refractivity contribution is 0.0994. The highest BCUT2D eigenvalue weighted by Crippen LogP contribution is 2.27. The summed E-state index contributed by atoms with van der Waals surface area (Å²) < 4.78 is 0. The van der Waals surface area contributed by atoms with Gasteiger partial charge in [-0.1, -0.05) is 44.0 Å². The number of piperidine rings is 1. The van der Waals surface area contributed by atoms with Crippen LogP contribution in [0.25, 0.3) is 0 Å². The third kappa shape index (κ3) is 6.43. The van der Waals surface area contributed by atoms with Crippen molar-refractivity contribution in [3.8, 4) is 0 Å². The number of nitrogens with zero attached hydrogens (tertiary/aromatic N) is 2. The minimum atomic E-state index is -0.554. The van der Waals surface area contributed by atoms with Crippen molar-refractivity contribution < 1.29 is 9.90 Å². The number of β-amino-alcohol motifs (C(OH)–C–C–N with tert-alkyl or cyclic N) is 1. The van der Waals surface area contributed by atoms with Gasteiger partial charge >= 0.3 is 6.03 Å². The summed E-state index contributed by atoms with van der Waals surface area (Å²) in [5, 5.41) is 13.4. The Morgan fingerprint density at radius 1 is 1.30 bits per heavy atom. The number of likely N-dealkylation sites (tertiary alicyclic amines) is 1. The molecule has 1 fully saturated rings. The zero-order chi connectivity index (χ0) is 21.3. The van der Waals surface area contributed by atoms with E-state index in [9.17, 15) is 9.90 Å². The highest BCUT2D eigenvalue weighted by Gasteiger charge is 2.29. The molecule has 3 atom stereocenters. The third-order valence-corrected chi connectivity index (χ3v) is 6.81. The Kier molecular flexibility index (Phi) is 8.97. The molecule has 0 spiro atoms. The number of urea groups is 1. The van der Waals surface area contributed by atoms with Crippen LogP contribution in [-0.4, -0.2) is 66.3 Å². The molecule has 2 aliphatic rings. The number of amides is 2. The number of carbonyl (C=O) groups is 1. The summed E-state index contributed by atoms with van der Waals surface area (Å²) in [4.78, 5) is 16.9. The molecular weight excluding hydrogens is 376 g/mol. The summed E-state index contributed by atoms with van der Waals surface area (Å²) in [5.74, 6) is 1.01. The number of aliphatic hydroxyl groups is 1. The van der Waals surface area contributed by atoms with Crippen LogP contribution in [0.15, 0.2) is 24.3 Å². The molecule has 0 bridgehead atoms. The van der Waals surface area contributed by atoms with E-state index in [2.05, 4.69) is 41.4 Å². The Bertz CT molecular complexity index is 668. The van der Waals surface area contributed by atoms with Crippen LogP contribution in [0.5, 0.6) is 0 Å². The van der Waals surface area contributed by atoms with E-state index in [4.69, 9.17) is 5.73 Å². The predicted molar refractivity (Wildman–Crippen MR) is 121 cm³/mol. The quantitative estimate of drug-likeness (QED) is 0.578. The van der Waals surface area contributed by atoms with E-state index in [0.717, 1.165) is 51.9 Å². The molecule has 1 saturated heterocycles. The van der Waals surface area contributed by atoms with Crippen LogP contribution in [0.3, 0.4) is 0 Å². The monoisotopic (exact) mass is 416 g/mol. The maximum absolute atomic E-state index is 12.7. The lowest BCUT2D eigenvalue weighted by Crippen LogP contribution is -2.50. The highest BCUT2D eigenvalue weighted by atomic mass is 16.3. The molecule has 2 heterocycles. The van der Waals surface area contributed by atoms with Gasteiger partial charge in [0.1, 0.15) is 0 Å². The van der Waals surface area contributed by atoms with Gasteiger partial charge in [0.2, 0.25) is 0 Å². The van der Waals surface area contributed by atoms with Crippen molar-refractivity contribution in [2.75, 3.05) is 39.3 Å². The molecule has 0 aliphatic carbocycles. The van der Waals surface area contributed by atoms with E-state index in [1.54, 1.807) is 0 Å². The zero-order valence-corrected chi connectivity index (χ0v) is 18.6. The first kappa shape index (κ1) is 23.0. The zero-order valence-electron chi connectivity index (χ0n) is 18.6. The Labute approximate surface area is 181 Å². The van der Waals surface area contributed by atoms with Gasteiger partial charge in [-0.05, 0) is 55.2 Å². The number of benzene rings is 1. The molecule has 6 heteroatoms. The summed E-state index contributed by atoms with van der Waals surface area (Å²) in [7, 11) is 0. The molecule has 2 aliphatic heterocycles. The molecule has 0 saturated carbocycles. The summed E-state index contributed by atoms with van der Waals surface area (Å²) in [6, 6.07) is 8.46. The van der Waals surface area contributed by atoms with E-state index >= 15 is 0 Å². The fourth-order valence-electron chi connectivity index (χ4n) is 4.98. The minimum absolute atomic E-state index is 0.0472. The van der Waals surface area contributed by atoms with E-state index < -0.39 is 6.10 Å². The minimum Gasteiger partial charge on any atom is -0.390 e. The largest absolute Gasteiger partial charge is 0.390 e. The van der Waals surface area contributed by atoms with Gasteiger partial charge in [0.15, 0.2) is 0 Å². The SMILES string of the molecule is CCCCC(CN)C1CCCN(C(=O)NCC(O)CN2CCc3ccccc3C2)C1. The van der Waals surface area contributed by atoms with Gasteiger partial charge in [-0.3, -0.25) is 4.90 Å². The fourth-order valence-corrected chi connectivity index (χ4v) is 4.98. The number of nitrogens with one attached hydrogen (secondary N) is 1. The maximum Gasteiger partial charge on any atom is 0.317 e. The van der Waals surface area contributed by atoms with Gasteiger partial charge in [-0.15, -0.1) is 0 Å². The number of aliphatic hydroxyl groups excluding tert-OH is 1. The number of hydrogen-bond acceptors (Lipinski definition) is 4. The number of hydrogen-bond donors (Lipinski definition) is 3. The smallest absolute Gasteiger partial charge is 0.317 e. The van der Waals surface area contributed by atoms with E-state index in [-0.39, 0.29) is 6.03 Å². The molecule has 168 valence electrons. The number of fused-ring (bicyclic) bond motifs is 1. The Morgan fingerprint density at radius 2 is 2.10 bits per heavy atom. The van der Waals surface area contributed by atoms with Crippen molar-refractivity contribution in [1.29, 1.82) is 0 Å². The lowest BCUT2D eigenvalue weighted by atomic mass is 9.82. The highest BCUT2D eigenvalue weighted by molar-refractivity contribution is 5.74. The Hall–Kier alpha value is -1.63. The second-order valence-electron chi connectivity index (χ2n) is 9.08. The second kappa shape index (κ2) is 11.7. The topological polar surface area (TPSA) is 81.8 Å². The number of carbonyl (C=O) groups excluding carboxylic acids is 1. The molecule has 4 N–H and O–H groups in total. The van der Waals surface area contributed by atoms with Gasteiger partial charge < -0.3 is 21.1 Å². The van der Waals surface area contributed by atoms with Crippen molar-refractivity contribution in [3.05, 3.63) is 35.4 Å².